The summed E-state index contributed by atoms with van der Waals surface area (Å²) in [5.41, 5.74) is 3.53. The molecule has 0 fully saturated rings. The van der Waals surface area contributed by atoms with Crippen molar-refractivity contribution in [2.24, 2.45) is 0 Å². The van der Waals surface area contributed by atoms with Crippen LogP contribution in [0.2, 0.25) is 0 Å². The number of aromatic amines is 2. The van der Waals surface area contributed by atoms with Crippen molar-refractivity contribution in [2.45, 2.75) is 39.0 Å². The standard InChI is InChI=1S/C12H17N4/c1-2-4-11-12(14-9-13-11)6-3-5-10-7-8-15-16-10/h7-8H,2-6H2,1H3,(H,13,14)(H,15,16). The lowest BCUT2D eigenvalue weighted by Crippen LogP contribution is -1.95. The first-order chi connectivity index (χ1) is 7.90. The van der Waals surface area contributed by atoms with Crippen LogP contribution in [0, 0.1) is 6.33 Å². The molecule has 0 aliphatic rings. The third-order valence-corrected chi connectivity index (χ3v) is 2.65. The number of aryl methyl sites for hydroxylation is 3. The normalized spacial score (nSPS) is 10.8. The Morgan fingerprint density at radius 2 is 2.25 bits per heavy atom. The number of imidazole rings is 1. The maximum absolute atomic E-state index is 4.24. The molecule has 4 nitrogen and oxygen atoms in total. The van der Waals surface area contributed by atoms with Crippen molar-refractivity contribution in [1.29, 1.82) is 0 Å². The van der Waals surface area contributed by atoms with E-state index in [4.69, 9.17) is 0 Å². The van der Waals surface area contributed by atoms with Gasteiger partial charge >= 0.3 is 0 Å². The monoisotopic (exact) mass is 217 g/mol. The minimum absolute atomic E-state index is 1.00. The summed E-state index contributed by atoms with van der Waals surface area (Å²) < 4.78 is 0. The van der Waals surface area contributed by atoms with Crippen molar-refractivity contribution >= 4 is 0 Å². The van der Waals surface area contributed by atoms with Crippen LogP contribution in [0.5, 0.6) is 0 Å². The van der Waals surface area contributed by atoms with E-state index in [1.54, 1.807) is 0 Å². The molecule has 0 saturated carbocycles. The van der Waals surface area contributed by atoms with Gasteiger partial charge in [-0.15, -0.1) is 0 Å². The Hall–Kier alpha value is -1.58. The zero-order valence-electron chi connectivity index (χ0n) is 9.58. The number of aromatic nitrogens is 4. The van der Waals surface area contributed by atoms with E-state index in [2.05, 4.69) is 33.4 Å². The first kappa shape index (κ1) is 10.9. The van der Waals surface area contributed by atoms with Crippen LogP contribution in [0.15, 0.2) is 12.3 Å². The maximum atomic E-state index is 4.24. The molecule has 1 radical (unpaired) electrons. The van der Waals surface area contributed by atoms with Crippen LogP contribution < -0.4 is 0 Å². The van der Waals surface area contributed by atoms with Gasteiger partial charge in [0.05, 0.1) is 11.4 Å². The fraction of sp³-hybridized carbons (Fsp3) is 0.500. The van der Waals surface area contributed by atoms with Gasteiger partial charge in [0.1, 0.15) is 0 Å². The van der Waals surface area contributed by atoms with Crippen LogP contribution in [0.25, 0.3) is 0 Å². The molecule has 0 aliphatic heterocycles. The van der Waals surface area contributed by atoms with Gasteiger partial charge in [-0.25, -0.2) is 4.98 Å². The van der Waals surface area contributed by atoms with Crippen molar-refractivity contribution < 1.29 is 0 Å². The van der Waals surface area contributed by atoms with Crippen molar-refractivity contribution in [3.63, 3.8) is 0 Å². The predicted octanol–water partition coefficient (Wildman–Crippen LogP) is 2.06. The molecule has 0 aliphatic carbocycles. The molecule has 4 heteroatoms. The number of H-pyrrole nitrogens is 2. The van der Waals surface area contributed by atoms with Crippen molar-refractivity contribution in [2.75, 3.05) is 0 Å². The highest BCUT2D eigenvalue weighted by Crippen LogP contribution is 2.09. The third-order valence-electron chi connectivity index (χ3n) is 2.65. The van der Waals surface area contributed by atoms with E-state index in [0.29, 0.717) is 0 Å². The van der Waals surface area contributed by atoms with E-state index in [-0.39, 0.29) is 0 Å². The molecule has 0 atom stereocenters. The summed E-state index contributed by atoms with van der Waals surface area (Å²) in [4.78, 5) is 7.34. The van der Waals surface area contributed by atoms with Gasteiger partial charge in [-0.2, -0.15) is 5.10 Å². The summed E-state index contributed by atoms with van der Waals surface area (Å²) >= 11 is 0. The highest BCUT2D eigenvalue weighted by Gasteiger charge is 2.05. The lowest BCUT2D eigenvalue weighted by atomic mass is 10.1. The molecule has 2 aromatic rings. The molecule has 0 saturated heterocycles. The summed E-state index contributed by atoms with van der Waals surface area (Å²) in [5.74, 6) is 0. The molecule has 85 valence electrons. The predicted molar refractivity (Wildman–Crippen MR) is 62.0 cm³/mol. The van der Waals surface area contributed by atoms with E-state index < -0.39 is 0 Å². The van der Waals surface area contributed by atoms with E-state index in [0.717, 1.165) is 43.5 Å². The van der Waals surface area contributed by atoms with Gasteiger partial charge in [-0.1, -0.05) is 13.3 Å². The van der Waals surface area contributed by atoms with Crippen LogP contribution in [-0.2, 0) is 19.3 Å². The molecule has 0 spiro atoms. The summed E-state index contributed by atoms with van der Waals surface area (Å²) in [6.45, 7) is 2.17. The number of nitrogens with one attached hydrogen (secondary N) is 2. The van der Waals surface area contributed by atoms with E-state index in [9.17, 15) is 0 Å². The van der Waals surface area contributed by atoms with Crippen molar-refractivity contribution in [1.82, 2.24) is 20.2 Å². The number of hydrogen-bond donors (Lipinski definition) is 2. The molecule has 2 heterocycles. The zero-order chi connectivity index (χ0) is 11.2. The molecule has 0 amide bonds. The molecule has 16 heavy (non-hydrogen) atoms. The number of hydrogen-bond acceptors (Lipinski definition) is 2. The Labute approximate surface area is 95.5 Å². The highest BCUT2D eigenvalue weighted by atomic mass is 15.1. The average molecular weight is 217 g/mol. The van der Waals surface area contributed by atoms with Crippen LogP contribution in [-0.4, -0.2) is 20.2 Å². The van der Waals surface area contributed by atoms with Gasteiger partial charge in [-0.3, -0.25) is 5.10 Å². The van der Waals surface area contributed by atoms with Gasteiger partial charge in [0.2, 0.25) is 0 Å². The third kappa shape index (κ3) is 2.72. The Morgan fingerprint density at radius 1 is 1.31 bits per heavy atom. The number of rotatable bonds is 6. The van der Waals surface area contributed by atoms with Crippen LogP contribution in [0.3, 0.4) is 0 Å². The van der Waals surface area contributed by atoms with Gasteiger partial charge in [0.25, 0.3) is 0 Å². The van der Waals surface area contributed by atoms with Crippen LogP contribution >= 0.6 is 0 Å². The van der Waals surface area contributed by atoms with E-state index >= 15 is 0 Å². The van der Waals surface area contributed by atoms with Gasteiger partial charge in [0.15, 0.2) is 6.33 Å². The quantitative estimate of drug-likeness (QED) is 0.778. The molecule has 0 aromatic carbocycles. The Bertz CT molecular complexity index is 402. The molecule has 0 bridgehead atoms. The molecular weight excluding hydrogens is 200 g/mol. The largest absolute Gasteiger partial charge is 0.339 e. The van der Waals surface area contributed by atoms with Gasteiger partial charge in [0, 0.05) is 11.9 Å². The second kappa shape index (κ2) is 5.49. The SMILES string of the molecule is CCCc1[nH][c]nc1CCCc1cc[nH]n1. The highest BCUT2D eigenvalue weighted by molar-refractivity contribution is 5.11. The minimum Gasteiger partial charge on any atom is -0.339 e. The minimum atomic E-state index is 1.00. The first-order valence-electron chi connectivity index (χ1n) is 5.82. The van der Waals surface area contributed by atoms with Crippen molar-refractivity contribution in [3.05, 3.63) is 35.7 Å². The fourth-order valence-corrected chi connectivity index (χ4v) is 1.83. The van der Waals surface area contributed by atoms with Crippen LogP contribution in [0.4, 0.5) is 0 Å². The smallest absolute Gasteiger partial charge is 0.174 e. The van der Waals surface area contributed by atoms with Gasteiger partial charge in [-0.05, 0) is 31.7 Å². The summed E-state index contributed by atoms with van der Waals surface area (Å²) in [6.07, 6.45) is 9.98. The maximum Gasteiger partial charge on any atom is 0.174 e. The fourth-order valence-electron chi connectivity index (χ4n) is 1.83. The Balaban J connectivity index is 1.82. The topological polar surface area (TPSA) is 57.4 Å². The molecular formula is C12H17N4. The van der Waals surface area contributed by atoms with Crippen molar-refractivity contribution in [3.8, 4) is 0 Å². The first-order valence-corrected chi connectivity index (χ1v) is 5.82. The zero-order valence-corrected chi connectivity index (χ0v) is 9.58. The molecule has 0 unspecified atom stereocenters. The Kier molecular flexibility index (Phi) is 3.75. The average Bonchev–Trinajstić information content (AvgIpc) is 2.91. The second-order valence-electron chi connectivity index (χ2n) is 3.94. The second-order valence-corrected chi connectivity index (χ2v) is 3.94. The summed E-state index contributed by atoms with van der Waals surface area (Å²) in [6, 6.07) is 2.02. The van der Waals surface area contributed by atoms with Crippen LogP contribution in [0.1, 0.15) is 36.8 Å². The Morgan fingerprint density at radius 3 is 3.00 bits per heavy atom. The van der Waals surface area contributed by atoms with E-state index in [1.807, 2.05) is 12.3 Å². The number of nitrogens with zero attached hydrogens (tertiary/aromatic N) is 2. The lowest BCUT2D eigenvalue weighted by Gasteiger charge is -2.00. The lowest BCUT2D eigenvalue weighted by molar-refractivity contribution is 0.764. The summed E-state index contributed by atoms with van der Waals surface area (Å²) in [7, 11) is 0. The molecule has 2 N–H and O–H groups in total. The van der Waals surface area contributed by atoms with Gasteiger partial charge < -0.3 is 4.98 Å². The molecule has 2 aromatic heterocycles. The van der Waals surface area contributed by atoms with E-state index in [1.165, 1.54) is 5.69 Å². The molecule has 2 rings (SSSR count). The summed E-state index contributed by atoms with van der Waals surface area (Å²) in [5, 5.41) is 6.96.